The van der Waals surface area contributed by atoms with E-state index in [2.05, 4.69) is 5.32 Å². The number of carbonyl (C=O) groups is 2. The van der Waals surface area contributed by atoms with Crippen molar-refractivity contribution < 1.29 is 19.1 Å². The van der Waals surface area contributed by atoms with Crippen LogP contribution in [-0.4, -0.2) is 30.6 Å². The van der Waals surface area contributed by atoms with Crippen LogP contribution in [-0.2, 0) is 25.7 Å². The quantitative estimate of drug-likeness (QED) is 0.855. The van der Waals surface area contributed by atoms with Crippen LogP contribution in [0.3, 0.4) is 0 Å². The number of benzene rings is 1. The molecule has 1 aromatic rings. The molecule has 1 saturated heterocycles. The molecular formula is C15H21NO4. The average molecular weight is 279 g/mol. The van der Waals surface area contributed by atoms with Crippen molar-refractivity contribution in [2.45, 2.75) is 32.9 Å². The first-order valence-electron chi connectivity index (χ1n) is 6.70. The maximum atomic E-state index is 11.9. The van der Waals surface area contributed by atoms with Crippen molar-refractivity contribution in [3.05, 3.63) is 35.9 Å². The normalized spacial score (nSPS) is 21.2. The Hall–Kier alpha value is -1.88. The molecule has 1 heterocycles. The highest BCUT2D eigenvalue weighted by atomic mass is 16.5. The van der Waals surface area contributed by atoms with Gasteiger partial charge in [-0.05, 0) is 12.5 Å². The SMILES string of the molecule is CC.CC1(C(=O)OCc2ccccc2)COCC(=O)N1. The molecule has 1 aliphatic rings. The lowest BCUT2D eigenvalue weighted by Crippen LogP contribution is -2.60. The maximum absolute atomic E-state index is 11.9. The molecule has 1 atom stereocenters. The summed E-state index contributed by atoms with van der Waals surface area (Å²) in [5.74, 6) is -0.792. The van der Waals surface area contributed by atoms with Crippen molar-refractivity contribution in [1.29, 1.82) is 0 Å². The Balaban J connectivity index is 0.000000956. The lowest BCUT2D eigenvalue weighted by atomic mass is 10.0. The fraction of sp³-hybridized carbons (Fsp3) is 0.467. The zero-order chi connectivity index (χ0) is 15.0. The molecule has 1 N–H and O–H groups in total. The van der Waals surface area contributed by atoms with Crippen LogP contribution in [0.15, 0.2) is 30.3 Å². The standard InChI is InChI=1S/C13H15NO4.C2H6/c1-13(9-17-8-11(15)14-13)12(16)18-7-10-5-3-2-4-6-10;1-2/h2-6H,7-9H2,1H3,(H,14,15);1-2H3. The predicted octanol–water partition coefficient (Wildman–Crippen LogP) is 1.66. The fourth-order valence-electron chi connectivity index (χ4n) is 1.72. The molecule has 1 aliphatic heterocycles. The van der Waals surface area contributed by atoms with Crippen molar-refractivity contribution in [3.63, 3.8) is 0 Å². The maximum Gasteiger partial charge on any atom is 0.334 e. The number of carbonyl (C=O) groups excluding carboxylic acids is 2. The van der Waals surface area contributed by atoms with Gasteiger partial charge in [-0.25, -0.2) is 4.79 Å². The minimum atomic E-state index is -1.09. The van der Waals surface area contributed by atoms with Gasteiger partial charge in [-0.3, -0.25) is 4.79 Å². The van der Waals surface area contributed by atoms with Gasteiger partial charge in [0.05, 0.1) is 6.61 Å². The summed E-state index contributed by atoms with van der Waals surface area (Å²) in [6.07, 6.45) is 0. The van der Waals surface area contributed by atoms with Gasteiger partial charge in [0.1, 0.15) is 13.2 Å². The van der Waals surface area contributed by atoms with Crippen molar-refractivity contribution in [1.82, 2.24) is 5.32 Å². The van der Waals surface area contributed by atoms with Crippen molar-refractivity contribution >= 4 is 11.9 Å². The summed E-state index contributed by atoms with van der Waals surface area (Å²) in [7, 11) is 0. The number of ether oxygens (including phenoxy) is 2. The van der Waals surface area contributed by atoms with Gasteiger partial charge in [-0.15, -0.1) is 0 Å². The van der Waals surface area contributed by atoms with Crippen LogP contribution in [0.25, 0.3) is 0 Å². The number of amides is 1. The highest BCUT2D eigenvalue weighted by molar-refractivity contribution is 5.89. The summed E-state index contributed by atoms with van der Waals surface area (Å²) in [5.41, 5.74) is -0.193. The van der Waals surface area contributed by atoms with Crippen molar-refractivity contribution in [2.24, 2.45) is 0 Å². The number of hydrogen-bond acceptors (Lipinski definition) is 4. The van der Waals surface area contributed by atoms with Gasteiger partial charge in [0.2, 0.25) is 5.91 Å². The third-order valence-electron chi connectivity index (χ3n) is 2.70. The van der Waals surface area contributed by atoms with Crippen LogP contribution >= 0.6 is 0 Å². The molecule has 1 fully saturated rings. The van der Waals surface area contributed by atoms with Crippen LogP contribution in [0.4, 0.5) is 0 Å². The molecule has 5 heteroatoms. The number of esters is 1. The number of morpholine rings is 1. The summed E-state index contributed by atoms with van der Waals surface area (Å²) in [5, 5.41) is 2.59. The molecule has 1 unspecified atom stereocenters. The van der Waals surface area contributed by atoms with E-state index in [0.29, 0.717) is 0 Å². The van der Waals surface area contributed by atoms with Crippen molar-refractivity contribution in [2.75, 3.05) is 13.2 Å². The molecule has 0 spiro atoms. The first kappa shape index (κ1) is 16.2. The van der Waals surface area contributed by atoms with E-state index in [4.69, 9.17) is 9.47 Å². The second-order valence-electron chi connectivity index (χ2n) is 4.43. The molecule has 0 radical (unpaired) electrons. The molecule has 0 saturated carbocycles. The van der Waals surface area contributed by atoms with Crippen LogP contribution in [0, 0.1) is 0 Å². The van der Waals surface area contributed by atoms with Gasteiger partial charge in [0.25, 0.3) is 0 Å². The minimum Gasteiger partial charge on any atom is -0.459 e. The number of hydrogen-bond donors (Lipinski definition) is 1. The second-order valence-corrected chi connectivity index (χ2v) is 4.43. The number of nitrogens with one attached hydrogen (secondary N) is 1. The van der Waals surface area contributed by atoms with E-state index in [0.717, 1.165) is 5.56 Å². The summed E-state index contributed by atoms with van der Waals surface area (Å²) in [6, 6.07) is 9.37. The van der Waals surface area contributed by atoms with Gasteiger partial charge in [0, 0.05) is 0 Å². The molecule has 2 rings (SSSR count). The van der Waals surface area contributed by atoms with E-state index < -0.39 is 11.5 Å². The predicted molar refractivity (Wildman–Crippen MR) is 75.0 cm³/mol. The Labute approximate surface area is 119 Å². The second kappa shape index (κ2) is 7.65. The van der Waals surface area contributed by atoms with Gasteiger partial charge in [-0.1, -0.05) is 44.2 Å². The molecule has 0 aromatic heterocycles. The zero-order valence-corrected chi connectivity index (χ0v) is 12.1. The highest BCUT2D eigenvalue weighted by Crippen LogP contribution is 2.13. The average Bonchev–Trinajstić information content (AvgIpc) is 2.47. The Morgan fingerprint density at radius 3 is 2.60 bits per heavy atom. The third-order valence-corrected chi connectivity index (χ3v) is 2.70. The van der Waals surface area contributed by atoms with E-state index >= 15 is 0 Å². The number of rotatable bonds is 3. The Kier molecular flexibility index (Phi) is 6.18. The van der Waals surface area contributed by atoms with E-state index in [1.165, 1.54) is 0 Å². The van der Waals surface area contributed by atoms with Gasteiger partial charge in [-0.2, -0.15) is 0 Å². The molecule has 110 valence electrons. The molecule has 1 amide bonds. The highest BCUT2D eigenvalue weighted by Gasteiger charge is 2.39. The smallest absolute Gasteiger partial charge is 0.334 e. The molecule has 5 nitrogen and oxygen atoms in total. The minimum absolute atomic E-state index is 0.0123. The molecule has 1 aromatic carbocycles. The summed E-state index contributed by atoms with van der Waals surface area (Å²) in [4.78, 5) is 23.1. The first-order valence-corrected chi connectivity index (χ1v) is 6.70. The van der Waals surface area contributed by atoms with E-state index in [-0.39, 0.29) is 25.7 Å². The van der Waals surface area contributed by atoms with E-state index in [9.17, 15) is 9.59 Å². The van der Waals surface area contributed by atoms with E-state index in [1.807, 2.05) is 44.2 Å². The van der Waals surface area contributed by atoms with Crippen LogP contribution in [0.1, 0.15) is 26.3 Å². The monoisotopic (exact) mass is 279 g/mol. The largest absolute Gasteiger partial charge is 0.459 e. The zero-order valence-electron chi connectivity index (χ0n) is 12.1. The summed E-state index contributed by atoms with van der Waals surface area (Å²) < 4.78 is 10.2. The topological polar surface area (TPSA) is 64.6 Å². The van der Waals surface area contributed by atoms with Crippen LogP contribution < -0.4 is 5.32 Å². The molecule has 0 bridgehead atoms. The van der Waals surface area contributed by atoms with Crippen molar-refractivity contribution in [3.8, 4) is 0 Å². The van der Waals surface area contributed by atoms with E-state index in [1.54, 1.807) is 6.92 Å². The summed E-state index contributed by atoms with van der Waals surface area (Å²) in [6.45, 7) is 5.90. The van der Waals surface area contributed by atoms with Gasteiger partial charge >= 0.3 is 5.97 Å². The lowest BCUT2D eigenvalue weighted by molar-refractivity contribution is -0.162. The lowest BCUT2D eigenvalue weighted by Gasteiger charge is -2.31. The van der Waals surface area contributed by atoms with Crippen LogP contribution in [0.5, 0.6) is 0 Å². The fourth-order valence-corrected chi connectivity index (χ4v) is 1.72. The Morgan fingerprint density at radius 1 is 1.35 bits per heavy atom. The van der Waals surface area contributed by atoms with Crippen LogP contribution in [0.2, 0.25) is 0 Å². The van der Waals surface area contributed by atoms with Gasteiger partial charge < -0.3 is 14.8 Å². The first-order chi connectivity index (χ1) is 9.60. The molecular weight excluding hydrogens is 258 g/mol. The molecule has 0 aliphatic carbocycles. The summed E-state index contributed by atoms with van der Waals surface area (Å²) >= 11 is 0. The molecule has 20 heavy (non-hydrogen) atoms. The third kappa shape index (κ3) is 4.35. The van der Waals surface area contributed by atoms with Gasteiger partial charge in [0.15, 0.2) is 5.54 Å². The Bertz CT molecular complexity index is 446. The Morgan fingerprint density at radius 2 is 2.00 bits per heavy atom.